The lowest BCUT2D eigenvalue weighted by Crippen LogP contribution is -2.38. The molecule has 0 bridgehead atoms. The lowest BCUT2D eigenvalue weighted by atomic mass is 10.2. The number of rotatable bonds is 8. The van der Waals surface area contributed by atoms with Crippen LogP contribution in [0.25, 0.3) is 0 Å². The number of benzene rings is 3. The van der Waals surface area contributed by atoms with Crippen LogP contribution in [-0.2, 0) is 19.6 Å². The zero-order valence-electron chi connectivity index (χ0n) is 19.0. The first-order valence-electron chi connectivity index (χ1n) is 10.9. The van der Waals surface area contributed by atoms with Crippen LogP contribution in [-0.4, -0.2) is 39.6 Å². The number of hydrogen-bond donors (Lipinski definition) is 1. The van der Waals surface area contributed by atoms with E-state index in [1.807, 2.05) is 6.26 Å². The van der Waals surface area contributed by atoms with Crippen molar-refractivity contribution in [1.29, 1.82) is 0 Å². The molecule has 1 saturated heterocycles. The predicted octanol–water partition coefficient (Wildman–Crippen LogP) is 4.51. The first-order valence-corrected chi connectivity index (χ1v) is 13.6. The van der Waals surface area contributed by atoms with Crippen LogP contribution in [0.3, 0.4) is 0 Å². The number of anilines is 3. The van der Waals surface area contributed by atoms with Crippen LogP contribution >= 0.6 is 11.8 Å². The Morgan fingerprint density at radius 1 is 1.09 bits per heavy atom. The Kier molecular flexibility index (Phi) is 7.42. The lowest BCUT2D eigenvalue weighted by molar-refractivity contribution is -0.117. The Morgan fingerprint density at radius 3 is 2.40 bits per heavy atom. The average molecular weight is 514 g/mol. The molecule has 0 atom stereocenters. The molecule has 1 heterocycles. The molecule has 3 aromatic rings. The van der Waals surface area contributed by atoms with Crippen molar-refractivity contribution in [3.8, 4) is 0 Å². The van der Waals surface area contributed by atoms with E-state index in [-0.39, 0.29) is 16.5 Å². The minimum absolute atomic E-state index is 0.00741. The van der Waals surface area contributed by atoms with Gasteiger partial charge in [0.25, 0.3) is 10.0 Å². The van der Waals surface area contributed by atoms with Gasteiger partial charge >= 0.3 is 0 Å². The Hall–Kier alpha value is -3.37. The molecular formula is C25H24FN3O4S2. The summed E-state index contributed by atoms with van der Waals surface area (Å²) in [6, 6.07) is 18.1. The lowest BCUT2D eigenvalue weighted by Gasteiger charge is -2.24. The fourth-order valence-corrected chi connectivity index (χ4v) is 5.62. The van der Waals surface area contributed by atoms with Crippen molar-refractivity contribution in [3.05, 3.63) is 78.6 Å². The van der Waals surface area contributed by atoms with E-state index >= 15 is 0 Å². The van der Waals surface area contributed by atoms with E-state index < -0.39 is 28.3 Å². The number of carbonyl (C=O) groups excluding carboxylic acids is 2. The van der Waals surface area contributed by atoms with Crippen molar-refractivity contribution in [2.75, 3.05) is 33.9 Å². The van der Waals surface area contributed by atoms with Gasteiger partial charge in [-0.3, -0.25) is 13.9 Å². The van der Waals surface area contributed by atoms with Crippen molar-refractivity contribution in [2.24, 2.45) is 0 Å². The second-order valence-corrected chi connectivity index (χ2v) is 10.7. The fourth-order valence-electron chi connectivity index (χ4n) is 3.80. The van der Waals surface area contributed by atoms with Gasteiger partial charge in [-0.05, 0) is 79.4 Å². The molecule has 0 saturated carbocycles. The normalized spacial score (nSPS) is 13.7. The largest absolute Gasteiger partial charge is 0.325 e. The van der Waals surface area contributed by atoms with Gasteiger partial charge in [-0.15, -0.1) is 11.8 Å². The zero-order valence-corrected chi connectivity index (χ0v) is 20.6. The zero-order chi connectivity index (χ0) is 25.0. The van der Waals surface area contributed by atoms with Crippen molar-refractivity contribution >= 4 is 50.7 Å². The number of halogens is 1. The van der Waals surface area contributed by atoms with E-state index in [1.54, 1.807) is 41.3 Å². The van der Waals surface area contributed by atoms with E-state index in [1.165, 1.54) is 42.1 Å². The number of hydrogen-bond acceptors (Lipinski definition) is 5. The van der Waals surface area contributed by atoms with Gasteiger partial charge in [-0.25, -0.2) is 12.8 Å². The van der Waals surface area contributed by atoms with E-state index in [2.05, 4.69) is 5.32 Å². The summed E-state index contributed by atoms with van der Waals surface area (Å²) in [5.41, 5.74) is 1.23. The quantitative estimate of drug-likeness (QED) is 0.448. The summed E-state index contributed by atoms with van der Waals surface area (Å²) >= 11 is 1.47. The molecule has 7 nitrogen and oxygen atoms in total. The molecule has 0 spiro atoms. The Balaban J connectivity index is 1.56. The summed E-state index contributed by atoms with van der Waals surface area (Å²) < 4.78 is 41.7. The summed E-state index contributed by atoms with van der Waals surface area (Å²) in [6.45, 7) is 0.103. The van der Waals surface area contributed by atoms with Crippen molar-refractivity contribution < 1.29 is 22.4 Å². The Bertz CT molecular complexity index is 1330. The topological polar surface area (TPSA) is 86.8 Å². The predicted molar refractivity (Wildman–Crippen MR) is 136 cm³/mol. The average Bonchev–Trinajstić information content (AvgIpc) is 3.28. The van der Waals surface area contributed by atoms with Gasteiger partial charge in [-0.1, -0.05) is 6.07 Å². The van der Waals surface area contributed by atoms with Gasteiger partial charge in [0.2, 0.25) is 11.8 Å². The molecule has 1 aliphatic heterocycles. The number of sulfonamides is 1. The molecule has 1 aliphatic rings. The van der Waals surface area contributed by atoms with Gasteiger partial charge in [0.15, 0.2) is 0 Å². The third-order valence-electron chi connectivity index (χ3n) is 5.57. The Morgan fingerprint density at radius 2 is 1.80 bits per heavy atom. The van der Waals surface area contributed by atoms with E-state index in [4.69, 9.17) is 0 Å². The molecule has 2 amide bonds. The highest BCUT2D eigenvalue weighted by molar-refractivity contribution is 7.98. The molecule has 0 aliphatic carbocycles. The first kappa shape index (κ1) is 24.7. The molecule has 0 unspecified atom stereocenters. The first-order chi connectivity index (χ1) is 16.8. The second-order valence-electron chi connectivity index (χ2n) is 7.91. The standard InChI is InChI=1S/C25H24FN3O4S2/c1-34-22-11-13-23(14-12-22)35(32,33)29(21-5-2-4-18(26)16-21)17-24(30)27-19-7-9-20(10-8-19)28-15-3-6-25(28)31/h2,4-5,7-14,16H,3,6,15,17H2,1H3,(H,27,30). The highest BCUT2D eigenvalue weighted by Gasteiger charge is 2.28. The monoisotopic (exact) mass is 513 g/mol. The van der Waals surface area contributed by atoms with Crippen LogP contribution in [0.4, 0.5) is 21.5 Å². The van der Waals surface area contributed by atoms with Crippen molar-refractivity contribution in [1.82, 2.24) is 0 Å². The molecular weight excluding hydrogens is 489 g/mol. The smallest absolute Gasteiger partial charge is 0.264 e. The molecule has 182 valence electrons. The van der Waals surface area contributed by atoms with Gasteiger partial charge < -0.3 is 10.2 Å². The maximum atomic E-state index is 13.9. The molecule has 1 fully saturated rings. The van der Waals surface area contributed by atoms with Gasteiger partial charge in [0.1, 0.15) is 12.4 Å². The number of amides is 2. The van der Waals surface area contributed by atoms with Gasteiger partial charge in [0.05, 0.1) is 10.6 Å². The van der Waals surface area contributed by atoms with Crippen molar-refractivity contribution in [3.63, 3.8) is 0 Å². The van der Waals surface area contributed by atoms with Crippen LogP contribution < -0.4 is 14.5 Å². The third-order valence-corrected chi connectivity index (χ3v) is 8.10. The fraction of sp³-hybridized carbons (Fsp3) is 0.200. The summed E-state index contributed by atoms with van der Waals surface area (Å²) in [4.78, 5) is 27.4. The Labute approximate surface area is 208 Å². The van der Waals surface area contributed by atoms with E-state index in [0.29, 0.717) is 18.7 Å². The number of nitrogens with zero attached hydrogens (tertiary/aromatic N) is 2. The molecule has 0 aromatic heterocycles. The number of carbonyl (C=O) groups is 2. The molecule has 0 radical (unpaired) electrons. The molecule has 35 heavy (non-hydrogen) atoms. The highest BCUT2D eigenvalue weighted by Crippen LogP contribution is 2.27. The van der Waals surface area contributed by atoms with Crippen LogP contribution in [0.2, 0.25) is 0 Å². The van der Waals surface area contributed by atoms with Crippen LogP contribution in [0.1, 0.15) is 12.8 Å². The van der Waals surface area contributed by atoms with Crippen LogP contribution in [0, 0.1) is 5.82 Å². The molecule has 4 rings (SSSR count). The SMILES string of the molecule is CSc1ccc(S(=O)(=O)N(CC(=O)Nc2ccc(N3CCCC3=O)cc2)c2cccc(F)c2)cc1. The molecule has 10 heteroatoms. The molecule has 3 aromatic carbocycles. The highest BCUT2D eigenvalue weighted by atomic mass is 32.2. The van der Waals surface area contributed by atoms with Gasteiger partial charge in [0, 0.05) is 29.2 Å². The van der Waals surface area contributed by atoms with Gasteiger partial charge in [-0.2, -0.15) is 0 Å². The molecule has 1 N–H and O–H groups in total. The second kappa shape index (κ2) is 10.5. The maximum Gasteiger partial charge on any atom is 0.264 e. The van der Waals surface area contributed by atoms with Crippen molar-refractivity contribution in [2.45, 2.75) is 22.6 Å². The number of nitrogens with one attached hydrogen (secondary N) is 1. The summed E-state index contributed by atoms with van der Waals surface area (Å²) in [7, 11) is -4.15. The minimum atomic E-state index is -4.15. The van der Waals surface area contributed by atoms with E-state index in [9.17, 15) is 22.4 Å². The number of thioether (sulfide) groups is 1. The van der Waals surface area contributed by atoms with E-state index in [0.717, 1.165) is 27.4 Å². The summed E-state index contributed by atoms with van der Waals surface area (Å²) in [5, 5.41) is 2.68. The summed E-state index contributed by atoms with van der Waals surface area (Å²) in [5.74, 6) is -1.15. The van der Waals surface area contributed by atoms with Crippen LogP contribution in [0.5, 0.6) is 0 Å². The van der Waals surface area contributed by atoms with Crippen LogP contribution in [0.15, 0.2) is 82.6 Å². The third kappa shape index (κ3) is 5.66. The minimum Gasteiger partial charge on any atom is -0.325 e. The maximum absolute atomic E-state index is 13.9. The summed E-state index contributed by atoms with van der Waals surface area (Å²) in [6.07, 6.45) is 3.20.